The van der Waals surface area contributed by atoms with E-state index in [1.807, 2.05) is 0 Å². The molecule has 2 rings (SSSR count). The minimum absolute atomic E-state index is 0.0758. The Bertz CT molecular complexity index is 663. The van der Waals surface area contributed by atoms with Crippen molar-refractivity contribution in [3.8, 4) is 0 Å². The molecule has 1 nitrogen and oxygen atoms in total. The van der Waals surface area contributed by atoms with E-state index in [4.69, 9.17) is 4.42 Å². The number of rotatable bonds is 2. The predicted molar refractivity (Wildman–Crippen MR) is 69.5 cm³/mol. The van der Waals surface area contributed by atoms with Crippen molar-refractivity contribution in [2.75, 3.05) is 0 Å². The summed E-state index contributed by atoms with van der Waals surface area (Å²) < 4.78 is 33.3. The van der Waals surface area contributed by atoms with E-state index in [-0.39, 0.29) is 11.3 Å². The number of allylic oxidation sites excluding steroid dienone is 2. The van der Waals surface area contributed by atoms with Crippen LogP contribution < -0.4 is 0 Å². The van der Waals surface area contributed by atoms with E-state index in [1.54, 1.807) is 32.9 Å². The Hall–Kier alpha value is -1.90. The second kappa shape index (κ2) is 4.41. The molecule has 0 bridgehead atoms. The van der Waals surface area contributed by atoms with Crippen LogP contribution in [0.25, 0.3) is 16.8 Å². The van der Waals surface area contributed by atoms with Gasteiger partial charge in [0.05, 0.1) is 0 Å². The highest BCUT2D eigenvalue weighted by atomic mass is 19.1. The zero-order chi connectivity index (χ0) is 13.4. The lowest BCUT2D eigenvalue weighted by Gasteiger charge is -1.97. The van der Waals surface area contributed by atoms with Crippen LogP contribution in [0.1, 0.15) is 23.8 Å². The van der Waals surface area contributed by atoms with Gasteiger partial charge in [0, 0.05) is 10.9 Å². The largest absolute Gasteiger partial charge is 0.450 e. The molecule has 3 heteroatoms. The van der Waals surface area contributed by atoms with Gasteiger partial charge < -0.3 is 4.42 Å². The molecule has 0 aliphatic rings. The molecule has 0 spiro atoms. The first-order valence-electron chi connectivity index (χ1n) is 5.64. The Morgan fingerprint density at radius 3 is 2.61 bits per heavy atom. The van der Waals surface area contributed by atoms with E-state index in [0.717, 1.165) is 0 Å². The van der Waals surface area contributed by atoms with Gasteiger partial charge in [-0.2, -0.15) is 0 Å². The van der Waals surface area contributed by atoms with Crippen LogP contribution in [0.3, 0.4) is 0 Å². The summed E-state index contributed by atoms with van der Waals surface area (Å²) in [5, 5.41) is 0.597. The highest BCUT2D eigenvalue weighted by molar-refractivity contribution is 5.86. The Kier molecular flexibility index (Phi) is 3.07. The zero-order valence-corrected chi connectivity index (χ0v) is 10.6. The second-order valence-corrected chi connectivity index (χ2v) is 4.33. The zero-order valence-electron chi connectivity index (χ0n) is 10.6. The fraction of sp³-hybridized carbons (Fsp3) is 0.200. The molecule has 0 aliphatic heterocycles. The molecule has 1 heterocycles. The van der Waals surface area contributed by atoms with Crippen LogP contribution in [0.4, 0.5) is 8.78 Å². The van der Waals surface area contributed by atoms with Gasteiger partial charge in [-0.15, -0.1) is 0 Å². The van der Waals surface area contributed by atoms with E-state index in [9.17, 15) is 8.78 Å². The van der Waals surface area contributed by atoms with E-state index in [1.165, 1.54) is 6.08 Å². The number of hydrogen-bond acceptors (Lipinski definition) is 1. The van der Waals surface area contributed by atoms with Gasteiger partial charge in [0.15, 0.2) is 23.0 Å². The summed E-state index contributed by atoms with van der Waals surface area (Å²) in [6.07, 6.45) is 1.41. The van der Waals surface area contributed by atoms with Gasteiger partial charge in [-0.05, 0) is 31.9 Å². The molecule has 18 heavy (non-hydrogen) atoms. The Labute approximate surface area is 104 Å². The van der Waals surface area contributed by atoms with Crippen LogP contribution in [0.2, 0.25) is 0 Å². The van der Waals surface area contributed by atoms with Crippen LogP contribution >= 0.6 is 0 Å². The van der Waals surface area contributed by atoms with Crippen molar-refractivity contribution in [2.24, 2.45) is 0 Å². The Balaban J connectivity index is 2.80. The van der Waals surface area contributed by atoms with Crippen molar-refractivity contribution in [3.05, 3.63) is 53.1 Å². The average Bonchev–Trinajstić information content (AvgIpc) is 2.70. The van der Waals surface area contributed by atoms with E-state index >= 15 is 0 Å². The molecule has 1 aromatic carbocycles. The van der Waals surface area contributed by atoms with Crippen LogP contribution in [0, 0.1) is 19.7 Å². The molecule has 2 aromatic rings. The molecule has 0 aliphatic carbocycles. The van der Waals surface area contributed by atoms with Gasteiger partial charge in [-0.25, -0.2) is 8.78 Å². The summed E-state index contributed by atoms with van der Waals surface area (Å²) in [7, 11) is 0. The summed E-state index contributed by atoms with van der Waals surface area (Å²) in [5.41, 5.74) is 1.55. The predicted octanol–water partition coefficient (Wildman–Crippen LogP) is 5.08. The smallest absolute Gasteiger partial charge is 0.171 e. The molecular formula is C15H14F2O. The summed E-state index contributed by atoms with van der Waals surface area (Å²) in [5.74, 6) is -0.867. The average molecular weight is 248 g/mol. The summed E-state index contributed by atoms with van der Waals surface area (Å²) in [6, 6.07) is 3.40. The number of benzene rings is 1. The number of furan rings is 1. The first-order valence-corrected chi connectivity index (χ1v) is 5.64. The molecule has 1 aromatic heterocycles. The standard InChI is InChI=1S/C15H14F2O/c1-5-8(2)12(16)14-10(4)11-7-6-9(3)13(17)15(11)18-14/h5-7H,1H2,2-4H3/b12-8+. The summed E-state index contributed by atoms with van der Waals surface area (Å²) in [4.78, 5) is 0. The maximum Gasteiger partial charge on any atom is 0.171 e. The van der Waals surface area contributed by atoms with Gasteiger partial charge in [0.1, 0.15) is 0 Å². The van der Waals surface area contributed by atoms with E-state index in [0.29, 0.717) is 22.1 Å². The lowest BCUT2D eigenvalue weighted by atomic mass is 10.1. The molecule has 0 saturated heterocycles. The maximum atomic E-state index is 14.1. The molecule has 0 radical (unpaired) electrons. The van der Waals surface area contributed by atoms with Crippen LogP contribution in [0.15, 0.2) is 34.8 Å². The lowest BCUT2D eigenvalue weighted by molar-refractivity contribution is 0.531. The highest BCUT2D eigenvalue weighted by Gasteiger charge is 2.18. The quantitative estimate of drug-likeness (QED) is 0.676. The lowest BCUT2D eigenvalue weighted by Crippen LogP contribution is -1.82. The first-order chi connectivity index (χ1) is 8.47. The summed E-state index contributed by atoms with van der Waals surface area (Å²) >= 11 is 0. The molecule has 0 fully saturated rings. The molecule has 94 valence electrons. The van der Waals surface area contributed by atoms with Gasteiger partial charge in [0.25, 0.3) is 0 Å². The van der Waals surface area contributed by atoms with Gasteiger partial charge >= 0.3 is 0 Å². The number of hydrogen-bond donors (Lipinski definition) is 0. The minimum Gasteiger partial charge on any atom is -0.450 e. The van der Waals surface area contributed by atoms with Crippen molar-refractivity contribution in [3.63, 3.8) is 0 Å². The topological polar surface area (TPSA) is 13.1 Å². The normalized spacial score (nSPS) is 12.7. The third kappa shape index (κ3) is 1.76. The first kappa shape index (κ1) is 12.6. The number of halogens is 2. The van der Waals surface area contributed by atoms with E-state index < -0.39 is 11.6 Å². The molecular weight excluding hydrogens is 234 g/mol. The minimum atomic E-state index is -0.504. The van der Waals surface area contributed by atoms with Crippen molar-refractivity contribution in [2.45, 2.75) is 20.8 Å². The van der Waals surface area contributed by atoms with Crippen LogP contribution in [-0.2, 0) is 0 Å². The third-order valence-corrected chi connectivity index (χ3v) is 3.09. The van der Waals surface area contributed by atoms with E-state index in [2.05, 4.69) is 6.58 Å². The fourth-order valence-corrected chi connectivity index (χ4v) is 1.83. The third-order valence-electron chi connectivity index (χ3n) is 3.09. The Morgan fingerprint density at radius 1 is 1.33 bits per heavy atom. The van der Waals surface area contributed by atoms with Crippen LogP contribution in [-0.4, -0.2) is 0 Å². The molecule has 0 unspecified atom stereocenters. The highest BCUT2D eigenvalue weighted by Crippen LogP contribution is 2.34. The maximum absolute atomic E-state index is 14.1. The van der Waals surface area contributed by atoms with Crippen LogP contribution in [0.5, 0.6) is 0 Å². The Morgan fingerprint density at radius 2 is 2.00 bits per heavy atom. The van der Waals surface area contributed by atoms with Gasteiger partial charge in [-0.1, -0.05) is 24.8 Å². The van der Waals surface area contributed by atoms with Crippen molar-refractivity contribution >= 4 is 16.8 Å². The summed E-state index contributed by atoms with van der Waals surface area (Å²) in [6.45, 7) is 8.46. The number of aryl methyl sites for hydroxylation is 2. The SMILES string of the molecule is C=C/C(C)=C(/F)c1oc2c(F)c(C)ccc2c1C. The molecule has 0 amide bonds. The molecule has 0 N–H and O–H groups in total. The van der Waals surface area contributed by atoms with Gasteiger partial charge in [0.2, 0.25) is 0 Å². The second-order valence-electron chi connectivity index (χ2n) is 4.33. The molecule has 0 atom stereocenters. The fourth-order valence-electron chi connectivity index (χ4n) is 1.83. The molecule has 0 saturated carbocycles. The van der Waals surface area contributed by atoms with Crippen molar-refractivity contribution < 1.29 is 13.2 Å². The number of fused-ring (bicyclic) bond motifs is 1. The van der Waals surface area contributed by atoms with Gasteiger partial charge in [-0.3, -0.25) is 0 Å². The monoisotopic (exact) mass is 248 g/mol. The van der Waals surface area contributed by atoms with Crippen molar-refractivity contribution in [1.29, 1.82) is 0 Å². The van der Waals surface area contributed by atoms with Crippen molar-refractivity contribution in [1.82, 2.24) is 0 Å².